The van der Waals surface area contributed by atoms with Gasteiger partial charge in [-0.15, -0.1) is 11.8 Å². The Morgan fingerprint density at radius 3 is 2.69 bits per heavy atom. The van der Waals surface area contributed by atoms with Gasteiger partial charge in [0.25, 0.3) is 5.56 Å². The van der Waals surface area contributed by atoms with Crippen LogP contribution in [0.1, 0.15) is 31.0 Å². The van der Waals surface area contributed by atoms with Gasteiger partial charge in [0.05, 0.1) is 33.5 Å². The number of rotatable bonds is 5. The van der Waals surface area contributed by atoms with Crippen molar-refractivity contribution in [1.29, 1.82) is 0 Å². The van der Waals surface area contributed by atoms with Crippen LogP contribution in [0.3, 0.4) is 0 Å². The number of ether oxygens (including phenoxy) is 3. The summed E-state index contributed by atoms with van der Waals surface area (Å²) in [6.07, 6.45) is 3.71. The lowest BCUT2D eigenvalue weighted by atomic mass is 9.96. The average Bonchev–Trinajstić information content (AvgIpc) is 3.42. The maximum atomic E-state index is 13.7. The van der Waals surface area contributed by atoms with Crippen molar-refractivity contribution >= 4 is 46.7 Å². The molecule has 0 amide bonds. The highest BCUT2D eigenvalue weighted by atomic mass is 35.5. The second-order valence-electron chi connectivity index (χ2n) is 7.80. The van der Waals surface area contributed by atoms with Crippen LogP contribution in [0.25, 0.3) is 6.08 Å². The Balaban J connectivity index is 1.70. The maximum absolute atomic E-state index is 13.7. The second kappa shape index (κ2) is 9.56. The molecule has 0 aliphatic carbocycles. The number of allylic oxidation sites excluding steroid dienone is 1. The zero-order chi connectivity index (χ0) is 24.7. The van der Waals surface area contributed by atoms with Gasteiger partial charge in [-0.25, -0.2) is 9.79 Å². The van der Waals surface area contributed by atoms with Crippen LogP contribution in [-0.4, -0.2) is 30.2 Å². The Labute approximate surface area is 214 Å². The molecule has 5 rings (SSSR count). The smallest absolute Gasteiger partial charge is 0.338 e. The fraction of sp³-hybridized carbons (Fsp3) is 0.240. The fourth-order valence-corrected chi connectivity index (χ4v) is 5.73. The van der Waals surface area contributed by atoms with E-state index < -0.39 is 12.0 Å². The Morgan fingerprint density at radius 1 is 1.29 bits per heavy atom. The molecule has 3 heterocycles. The number of benzene rings is 2. The third kappa shape index (κ3) is 4.28. The maximum Gasteiger partial charge on any atom is 0.338 e. The van der Waals surface area contributed by atoms with Crippen molar-refractivity contribution in [3.8, 4) is 11.5 Å². The third-order valence-electron chi connectivity index (χ3n) is 5.73. The number of esters is 1. The summed E-state index contributed by atoms with van der Waals surface area (Å²) in [7, 11) is 0. The number of hydrogen-bond donors (Lipinski definition) is 0. The lowest BCUT2D eigenvalue weighted by molar-refractivity contribution is -0.139. The highest BCUT2D eigenvalue weighted by molar-refractivity contribution is 7.98. The molecule has 0 spiro atoms. The highest BCUT2D eigenvalue weighted by Crippen LogP contribution is 2.37. The Bertz CT molecular complexity index is 1540. The summed E-state index contributed by atoms with van der Waals surface area (Å²) >= 11 is 9.31. The van der Waals surface area contributed by atoms with Crippen molar-refractivity contribution in [1.82, 2.24) is 4.57 Å². The molecule has 2 aromatic carbocycles. The number of thiazole rings is 1. The lowest BCUT2D eigenvalue weighted by Gasteiger charge is -2.24. The van der Waals surface area contributed by atoms with E-state index in [2.05, 4.69) is 4.99 Å². The first kappa shape index (κ1) is 23.7. The fourth-order valence-electron chi connectivity index (χ4n) is 4.08. The molecule has 0 unspecified atom stereocenters. The molecule has 0 saturated carbocycles. The number of fused-ring (bicyclic) bond motifs is 2. The normalized spacial score (nSPS) is 16.8. The summed E-state index contributed by atoms with van der Waals surface area (Å²) in [5, 5.41) is 0.438. The first-order chi connectivity index (χ1) is 16.9. The van der Waals surface area contributed by atoms with Crippen LogP contribution < -0.4 is 24.4 Å². The Morgan fingerprint density at radius 2 is 2.00 bits per heavy atom. The van der Waals surface area contributed by atoms with Crippen LogP contribution in [0.2, 0.25) is 5.02 Å². The largest absolute Gasteiger partial charge is 0.463 e. The number of carbonyl (C=O) groups is 1. The lowest BCUT2D eigenvalue weighted by Crippen LogP contribution is -2.39. The van der Waals surface area contributed by atoms with Gasteiger partial charge >= 0.3 is 5.97 Å². The van der Waals surface area contributed by atoms with Crippen molar-refractivity contribution in [3.05, 3.63) is 83.5 Å². The van der Waals surface area contributed by atoms with Gasteiger partial charge in [0, 0.05) is 11.0 Å². The van der Waals surface area contributed by atoms with Crippen LogP contribution >= 0.6 is 34.7 Å². The number of nitrogens with zero attached hydrogens (tertiary/aromatic N) is 2. The minimum absolute atomic E-state index is 0.128. The number of carbonyl (C=O) groups excluding carboxylic acids is 1. The summed E-state index contributed by atoms with van der Waals surface area (Å²) in [5.41, 5.74) is 2.04. The van der Waals surface area contributed by atoms with Crippen molar-refractivity contribution in [2.24, 2.45) is 4.99 Å². The van der Waals surface area contributed by atoms with Crippen LogP contribution in [-0.2, 0) is 9.53 Å². The summed E-state index contributed by atoms with van der Waals surface area (Å²) in [6, 6.07) is 10.6. The van der Waals surface area contributed by atoms with Gasteiger partial charge in [-0.3, -0.25) is 9.36 Å². The molecule has 7 nitrogen and oxygen atoms in total. The summed E-state index contributed by atoms with van der Waals surface area (Å²) in [6.45, 7) is 3.87. The minimum Gasteiger partial charge on any atom is -0.463 e. The van der Waals surface area contributed by atoms with Gasteiger partial charge in [0.1, 0.15) is 0 Å². The van der Waals surface area contributed by atoms with Gasteiger partial charge in [-0.05, 0) is 55.5 Å². The minimum atomic E-state index is -0.657. The van der Waals surface area contributed by atoms with Gasteiger partial charge in [-0.2, -0.15) is 0 Å². The van der Waals surface area contributed by atoms with E-state index >= 15 is 0 Å². The van der Waals surface area contributed by atoms with Crippen LogP contribution in [0.15, 0.2) is 62.4 Å². The standard InChI is InChI=1S/C25H21ClN2O5S2/c1-4-31-24(30)21-13(2)27-25-28(22(21)14-5-7-16(34-3)8-6-14)23(29)20(35-25)10-15-9-18-19(11-17(15)26)33-12-32-18/h5-11,22H,4,12H2,1-3H3/b20-10+/t22-/m0/s1. The third-order valence-corrected chi connectivity index (χ3v) is 7.78. The Kier molecular flexibility index (Phi) is 6.48. The molecule has 10 heteroatoms. The number of thioether (sulfide) groups is 1. The average molecular weight is 529 g/mol. The summed E-state index contributed by atoms with van der Waals surface area (Å²) < 4.78 is 18.2. The Hall–Kier alpha value is -3.01. The molecule has 3 aromatic rings. The zero-order valence-electron chi connectivity index (χ0n) is 19.2. The highest BCUT2D eigenvalue weighted by Gasteiger charge is 2.33. The summed E-state index contributed by atoms with van der Waals surface area (Å²) in [4.78, 5) is 32.9. The van der Waals surface area contributed by atoms with Crippen molar-refractivity contribution in [2.75, 3.05) is 19.7 Å². The number of halogens is 1. The topological polar surface area (TPSA) is 79.1 Å². The van der Waals surface area contributed by atoms with Gasteiger partial charge in [0.15, 0.2) is 16.3 Å². The van der Waals surface area contributed by atoms with E-state index in [1.165, 1.54) is 11.3 Å². The SMILES string of the molecule is CCOC(=O)C1=C(C)N=c2s/c(=C/c3cc4c(cc3Cl)OCO4)c(=O)n2[C@H]1c1ccc(SC)cc1. The predicted octanol–water partition coefficient (Wildman–Crippen LogP) is 3.90. The van der Waals surface area contributed by atoms with E-state index in [1.807, 2.05) is 30.5 Å². The van der Waals surface area contributed by atoms with E-state index in [1.54, 1.807) is 48.4 Å². The first-order valence-electron chi connectivity index (χ1n) is 10.8. The molecular formula is C25H21ClN2O5S2. The van der Waals surface area contributed by atoms with Gasteiger partial charge < -0.3 is 14.2 Å². The van der Waals surface area contributed by atoms with E-state index in [-0.39, 0.29) is 19.0 Å². The molecule has 0 radical (unpaired) electrons. The van der Waals surface area contributed by atoms with Gasteiger partial charge in [0.2, 0.25) is 6.79 Å². The molecular weight excluding hydrogens is 508 g/mol. The molecule has 35 heavy (non-hydrogen) atoms. The zero-order valence-corrected chi connectivity index (χ0v) is 21.6. The second-order valence-corrected chi connectivity index (χ2v) is 10.1. The predicted molar refractivity (Wildman–Crippen MR) is 136 cm³/mol. The van der Waals surface area contributed by atoms with Crippen LogP contribution in [0.4, 0.5) is 0 Å². The number of aromatic nitrogens is 1. The molecule has 2 aliphatic rings. The van der Waals surface area contributed by atoms with Crippen LogP contribution in [0, 0.1) is 0 Å². The van der Waals surface area contributed by atoms with E-state index in [0.29, 0.717) is 42.7 Å². The molecule has 2 aliphatic heterocycles. The van der Waals surface area contributed by atoms with Crippen molar-refractivity contribution in [2.45, 2.75) is 24.8 Å². The first-order valence-corrected chi connectivity index (χ1v) is 13.3. The van der Waals surface area contributed by atoms with E-state index in [4.69, 9.17) is 25.8 Å². The van der Waals surface area contributed by atoms with E-state index in [0.717, 1.165) is 10.5 Å². The molecule has 1 atom stereocenters. The molecule has 0 fully saturated rings. The molecule has 180 valence electrons. The van der Waals surface area contributed by atoms with Crippen molar-refractivity contribution in [3.63, 3.8) is 0 Å². The van der Waals surface area contributed by atoms with Crippen LogP contribution in [0.5, 0.6) is 11.5 Å². The molecule has 0 saturated heterocycles. The van der Waals surface area contributed by atoms with E-state index in [9.17, 15) is 9.59 Å². The number of hydrogen-bond acceptors (Lipinski definition) is 8. The summed E-state index contributed by atoms with van der Waals surface area (Å²) in [5.74, 6) is 0.651. The van der Waals surface area contributed by atoms with Gasteiger partial charge in [-0.1, -0.05) is 35.1 Å². The monoisotopic (exact) mass is 528 g/mol. The quantitative estimate of drug-likeness (QED) is 0.369. The molecule has 0 N–H and O–H groups in total. The van der Waals surface area contributed by atoms with Crippen molar-refractivity contribution < 1.29 is 19.0 Å². The molecule has 0 bridgehead atoms. The molecule has 1 aromatic heterocycles.